The van der Waals surface area contributed by atoms with Gasteiger partial charge in [0.2, 0.25) is 5.91 Å². The van der Waals surface area contributed by atoms with Crippen LogP contribution in [-0.4, -0.2) is 37.8 Å². The van der Waals surface area contributed by atoms with Crippen LogP contribution in [0.25, 0.3) is 11.0 Å². The zero-order valence-corrected chi connectivity index (χ0v) is 20.7. The third-order valence-electron chi connectivity index (χ3n) is 7.92. The second kappa shape index (κ2) is 8.73. The van der Waals surface area contributed by atoms with E-state index in [1.54, 1.807) is 4.90 Å². The number of carbonyl (C=O) groups excluding carboxylic acids is 2. The molecule has 0 unspecified atom stereocenters. The first kappa shape index (κ1) is 22.9. The predicted octanol–water partition coefficient (Wildman–Crippen LogP) is 5.05. The number of aromatic nitrogens is 2. The Labute approximate surface area is 205 Å². The van der Waals surface area contributed by atoms with E-state index < -0.39 is 5.54 Å². The van der Waals surface area contributed by atoms with Crippen LogP contribution >= 0.6 is 11.6 Å². The third kappa shape index (κ3) is 3.88. The molecular weight excluding hydrogens is 448 g/mol. The Kier molecular flexibility index (Phi) is 5.88. The lowest BCUT2D eigenvalue weighted by Crippen LogP contribution is -2.65. The molecule has 6 nitrogen and oxygen atoms in total. The number of nitrogens with one attached hydrogen (secondary N) is 1. The molecule has 3 aromatic rings. The number of fused-ring (bicyclic) bond motifs is 3. The van der Waals surface area contributed by atoms with Crippen LogP contribution in [0, 0.1) is 11.8 Å². The summed E-state index contributed by atoms with van der Waals surface area (Å²) in [6.07, 6.45) is 3.27. The van der Waals surface area contributed by atoms with Crippen molar-refractivity contribution < 1.29 is 9.59 Å². The van der Waals surface area contributed by atoms with Crippen molar-refractivity contribution in [1.29, 1.82) is 0 Å². The fourth-order valence-electron chi connectivity index (χ4n) is 5.46. The standard InChI is InChI=1S/C27H31ClN4O2/c1-17-7-6-9-21(18(17)2)30-26(34)27(3)16-31-23-10-5-4-8-22(23)29-24(31)25(33)32(27)15-19-11-13-20(28)14-12-19/h4-5,8,10-14,17-18,21H,6-7,9,15-16H2,1-3H3,(H,30,34)/t17-,18-,21+,27+/m1/s1. The average Bonchev–Trinajstić information content (AvgIpc) is 3.19. The lowest BCUT2D eigenvalue weighted by Gasteiger charge is -2.45. The molecule has 0 bridgehead atoms. The van der Waals surface area contributed by atoms with Crippen LogP contribution in [-0.2, 0) is 17.9 Å². The molecular formula is C27H31ClN4O2. The minimum absolute atomic E-state index is 0.107. The fourth-order valence-corrected chi connectivity index (χ4v) is 5.59. The summed E-state index contributed by atoms with van der Waals surface area (Å²) in [5, 5.41) is 3.97. The molecule has 1 fully saturated rings. The largest absolute Gasteiger partial charge is 0.351 e. The van der Waals surface area contributed by atoms with Gasteiger partial charge in [-0.1, -0.05) is 62.6 Å². The van der Waals surface area contributed by atoms with Gasteiger partial charge in [0.25, 0.3) is 5.91 Å². The number of para-hydroxylation sites is 2. The molecule has 7 heteroatoms. The van der Waals surface area contributed by atoms with Gasteiger partial charge in [-0.25, -0.2) is 4.98 Å². The first-order valence-electron chi connectivity index (χ1n) is 12.1. The summed E-state index contributed by atoms with van der Waals surface area (Å²) in [5.74, 6) is 0.994. The SMILES string of the molecule is C[C@@H]1[C@H](C)CCC[C@@H]1NC(=O)[C@]1(C)Cn2c(nc3ccccc32)C(=O)N1Cc1ccc(Cl)cc1. The van der Waals surface area contributed by atoms with Crippen LogP contribution in [0.15, 0.2) is 48.5 Å². The Morgan fingerprint density at radius 3 is 2.65 bits per heavy atom. The molecule has 2 amide bonds. The highest BCUT2D eigenvalue weighted by Crippen LogP contribution is 2.34. The van der Waals surface area contributed by atoms with Crippen LogP contribution in [0.4, 0.5) is 0 Å². The Bertz CT molecular complexity index is 1240. The van der Waals surface area contributed by atoms with Crippen molar-refractivity contribution in [1.82, 2.24) is 19.8 Å². The molecule has 5 rings (SSSR count). The van der Waals surface area contributed by atoms with E-state index in [0.29, 0.717) is 35.8 Å². The number of nitrogens with zero attached hydrogens (tertiary/aromatic N) is 3. The highest BCUT2D eigenvalue weighted by Gasteiger charge is 2.49. The van der Waals surface area contributed by atoms with Gasteiger partial charge in [0.05, 0.1) is 17.6 Å². The quantitative estimate of drug-likeness (QED) is 0.570. The minimum atomic E-state index is -1.06. The van der Waals surface area contributed by atoms with Crippen LogP contribution in [0.5, 0.6) is 0 Å². The Morgan fingerprint density at radius 1 is 1.15 bits per heavy atom. The van der Waals surface area contributed by atoms with Gasteiger partial charge in [0.1, 0.15) is 5.54 Å². The molecule has 0 spiro atoms. The fraction of sp³-hybridized carbons (Fsp3) is 0.444. The van der Waals surface area contributed by atoms with Crippen molar-refractivity contribution in [3.8, 4) is 0 Å². The van der Waals surface area contributed by atoms with E-state index in [-0.39, 0.29) is 17.9 Å². The number of hydrogen-bond acceptors (Lipinski definition) is 3. The van der Waals surface area contributed by atoms with E-state index in [4.69, 9.17) is 11.6 Å². The number of carbonyl (C=O) groups is 2. The molecule has 0 radical (unpaired) electrons. The van der Waals surface area contributed by atoms with Gasteiger partial charge in [-0.3, -0.25) is 9.59 Å². The van der Waals surface area contributed by atoms with Crippen LogP contribution in [0.3, 0.4) is 0 Å². The highest BCUT2D eigenvalue weighted by atomic mass is 35.5. The zero-order chi connectivity index (χ0) is 24.0. The van der Waals surface area contributed by atoms with Crippen molar-refractivity contribution in [3.05, 3.63) is 64.9 Å². The third-order valence-corrected chi connectivity index (χ3v) is 8.17. The second-order valence-electron chi connectivity index (χ2n) is 10.1. The number of amides is 2. The van der Waals surface area contributed by atoms with Crippen molar-refractivity contribution >= 4 is 34.4 Å². The molecule has 1 N–H and O–H groups in total. The molecule has 2 aliphatic rings. The zero-order valence-electron chi connectivity index (χ0n) is 19.9. The number of benzene rings is 2. The van der Waals surface area contributed by atoms with Crippen molar-refractivity contribution in [2.24, 2.45) is 11.8 Å². The molecule has 2 aromatic carbocycles. The molecule has 1 aliphatic carbocycles. The molecule has 2 heterocycles. The van der Waals surface area contributed by atoms with Gasteiger partial charge < -0.3 is 14.8 Å². The van der Waals surface area contributed by atoms with Crippen LogP contribution in [0.2, 0.25) is 5.02 Å². The second-order valence-corrected chi connectivity index (χ2v) is 10.6. The van der Waals surface area contributed by atoms with Gasteiger partial charge in [-0.15, -0.1) is 0 Å². The predicted molar refractivity (Wildman–Crippen MR) is 134 cm³/mol. The molecule has 0 saturated heterocycles. The Hall–Kier alpha value is -2.86. The van der Waals surface area contributed by atoms with Crippen molar-refractivity contribution in [2.45, 2.75) is 64.7 Å². The van der Waals surface area contributed by atoms with Crippen LogP contribution in [0.1, 0.15) is 56.2 Å². The van der Waals surface area contributed by atoms with Gasteiger partial charge >= 0.3 is 0 Å². The summed E-state index contributed by atoms with van der Waals surface area (Å²) in [7, 11) is 0. The summed E-state index contributed by atoms with van der Waals surface area (Å²) < 4.78 is 1.91. The monoisotopic (exact) mass is 478 g/mol. The lowest BCUT2D eigenvalue weighted by molar-refractivity contribution is -0.134. The highest BCUT2D eigenvalue weighted by molar-refractivity contribution is 6.30. The summed E-state index contributed by atoms with van der Waals surface area (Å²) in [6, 6.07) is 15.2. The molecule has 34 heavy (non-hydrogen) atoms. The van der Waals surface area contributed by atoms with Gasteiger partial charge in [0.15, 0.2) is 5.82 Å². The smallest absolute Gasteiger partial charge is 0.291 e. The maximum Gasteiger partial charge on any atom is 0.291 e. The van der Waals surface area contributed by atoms with Crippen molar-refractivity contribution in [2.75, 3.05) is 0 Å². The van der Waals surface area contributed by atoms with Gasteiger partial charge in [-0.05, 0) is 55.0 Å². The van der Waals surface area contributed by atoms with E-state index in [0.717, 1.165) is 29.4 Å². The van der Waals surface area contributed by atoms with E-state index in [1.807, 2.05) is 60.0 Å². The number of imidazole rings is 1. The van der Waals surface area contributed by atoms with Crippen LogP contribution < -0.4 is 5.32 Å². The van der Waals surface area contributed by atoms with E-state index >= 15 is 0 Å². The first-order chi connectivity index (χ1) is 16.3. The topological polar surface area (TPSA) is 67.2 Å². The summed E-state index contributed by atoms with van der Waals surface area (Å²) in [4.78, 5) is 34.1. The van der Waals surface area contributed by atoms with Crippen molar-refractivity contribution in [3.63, 3.8) is 0 Å². The van der Waals surface area contributed by atoms with E-state index in [1.165, 1.54) is 6.42 Å². The summed E-state index contributed by atoms with van der Waals surface area (Å²) >= 11 is 6.08. The van der Waals surface area contributed by atoms with Gasteiger partial charge in [0, 0.05) is 17.6 Å². The Balaban J connectivity index is 1.54. The van der Waals surface area contributed by atoms with E-state index in [9.17, 15) is 9.59 Å². The average molecular weight is 479 g/mol. The number of hydrogen-bond donors (Lipinski definition) is 1. The minimum Gasteiger partial charge on any atom is -0.351 e. The molecule has 1 saturated carbocycles. The lowest BCUT2D eigenvalue weighted by atomic mass is 9.77. The summed E-state index contributed by atoms with van der Waals surface area (Å²) in [5.41, 5.74) is 1.49. The van der Waals surface area contributed by atoms with E-state index in [2.05, 4.69) is 24.1 Å². The number of halogens is 1. The molecule has 1 aliphatic heterocycles. The molecule has 178 valence electrons. The first-order valence-corrected chi connectivity index (χ1v) is 12.5. The van der Waals surface area contributed by atoms with Gasteiger partial charge in [-0.2, -0.15) is 0 Å². The summed E-state index contributed by atoms with van der Waals surface area (Å²) in [6.45, 7) is 7.01. The Morgan fingerprint density at radius 2 is 1.88 bits per heavy atom. The molecule has 1 aromatic heterocycles. The molecule has 4 atom stereocenters. The number of rotatable bonds is 4. The maximum atomic E-state index is 13.9. The normalized spacial score (nSPS) is 27.0. The maximum absolute atomic E-state index is 13.9.